The van der Waals surface area contributed by atoms with Crippen LogP contribution in [0.2, 0.25) is 5.02 Å². The number of hydrogen-bond donors (Lipinski definition) is 1. The average molecular weight is 304 g/mol. The summed E-state index contributed by atoms with van der Waals surface area (Å²) in [6.45, 7) is 6.94. The zero-order valence-electron chi connectivity index (χ0n) is 12.6. The molecule has 0 radical (unpaired) electrons. The summed E-state index contributed by atoms with van der Waals surface area (Å²) in [7, 11) is 0. The molecule has 0 saturated heterocycles. The van der Waals surface area contributed by atoms with E-state index in [1.165, 1.54) is 5.56 Å². The second-order valence-corrected chi connectivity index (χ2v) is 5.63. The van der Waals surface area contributed by atoms with Crippen LogP contribution < -0.4 is 10.1 Å². The van der Waals surface area contributed by atoms with E-state index in [2.05, 4.69) is 43.4 Å². The standard InChI is InChI=1S/C18H22ClNO/c1-3-20-12-14(2)16-9-7-15(8-10-16)13-21-18-6-4-5-17(19)11-18/h4-11,14,20H,3,12-13H2,1-2H3. The number of nitrogens with one attached hydrogen (secondary N) is 1. The Bertz CT molecular complexity index is 553. The van der Waals surface area contributed by atoms with Crippen LogP contribution in [0.15, 0.2) is 48.5 Å². The lowest BCUT2D eigenvalue weighted by atomic mass is 10.00. The number of rotatable bonds is 7. The van der Waals surface area contributed by atoms with Crippen molar-refractivity contribution in [2.24, 2.45) is 0 Å². The Kier molecular flexibility index (Phi) is 6.09. The van der Waals surface area contributed by atoms with E-state index in [0.29, 0.717) is 17.5 Å². The first-order valence-corrected chi connectivity index (χ1v) is 7.74. The van der Waals surface area contributed by atoms with Gasteiger partial charge in [-0.3, -0.25) is 0 Å². The van der Waals surface area contributed by atoms with Crippen molar-refractivity contribution in [2.45, 2.75) is 26.4 Å². The molecule has 0 heterocycles. The molecule has 2 aromatic rings. The van der Waals surface area contributed by atoms with Crippen LogP contribution in [-0.2, 0) is 6.61 Å². The summed E-state index contributed by atoms with van der Waals surface area (Å²) >= 11 is 5.94. The van der Waals surface area contributed by atoms with Gasteiger partial charge >= 0.3 is 0 Å². The lowest BCUT2D eigenvalue weighted by Gasteiger charge is -2.13. The van der Waals surface area contributed by atoms with Gasteiger partial charge in [-0.05, 0) is 41.8 Å². The quantitative estimate of drug-likeness (QED) is 0.805. The topological polar surface area (TPSA) is 21.3 Å². The van der Waals surface area contributed by atoms with Gasteiger partial charge in [0.05, 0.1) is 0 Å². The van der Waals surface area contributed by atoms with Crippen LogP contribution in [0.3, 0.4) is 0 Å². The molecule has 2 aromatic carbocycles. The number of halogens is 1. The predicted octanol–water partition coefficient (Wildman–Crippen LogP) is 4.63. The molecule has 0 bridgehead atoms. The highest BCUT2D eigenvalue weighted by Crippen LogP contribution is 2.19. The summed E-state index contributed by atoms with van der Waals surface area (Å²) < 4.78 is 5.74. The molecular weight excluding hydrogens is 282 g/mol. The molecule has 0 spiro atoms. The summed E-state index contributed by atoms with van der Waals surface area (Å²) in [6.07, 6.45) is 0. The van der Waals surface area contributed by atoms with E-state index < -0.39 is 0 Å². The first-order valence-electron chi connectivity index (χ1n) is 7.37. The van der Waals surface area contributed by atoms with Gasteiger partial charge in [-0.25, -0.2) is 0 Å². The normalized spacial score (nSPS) is 12.1. The average Bonchev–Trinajstić information content (AvgIpc) is 2.51. The molecule has 0 aliphatic carbocycles. The van der Waals surface area contributed by atoms with Crippen molar-refractivity contribution in [1.82, 2.24) is 5.32 Å². The molecule has 1 atom stereocenters. The fourth-order valence-corrected chi connectivity index (χ4v) is 2.32. The van der Waals surface area contributed by atoms with Gasteiger partial charge in [-0.15, -0.1) is 0 Å². The fourth-order valence-electron chi connectivity index (χ4n) is 2.14. The molecule has 0 saturated carbocycles. The molecule has 2 rings (SSSR count). The highest BCUT2D eigenvalue weighted by Gasteiger charge is 2.04. The maximum absolute atomic E-state index is 5.94. The molecule has 3 heteroatoms. The molecule has 0 aromatic heterocycles. The first-order chi connectivity index (χ1) is 10.2. The largest absolute Gasteiger partial charge is 0.489 e. The lowest BCUT2D eigenvalue weighted by molar-refractivity contribution is 0.306. The van der Waals surface area contributed by atoms with E-state index in [9.17, 15) is 0 Å². The Morgan fingerprint density at radius 3 is 2.57 bits per heavy atom. The summed E-state index contributed by atoms with van der Waals surface area (Å²) in [5.41, 5.74) is 2.51. The van der Waals surface area contributed by atoms with Gasteiger partial charge in [-0.2, -0.15) is 0 Å². The fraction of sp³-hybridized carbons (Fsp3) is 0.333. The zero-order valence-corrected chi connectivity index (χ0v) is 13.4. The van der Waals surface area contributed by atoms with E-state index in [1.807, 2.05) is 24.3 Å². The SMILES string of the molecule is CCNCC(C)c1ccc(COc2cccc(Cl)c2)cc1. The second kappa shape index (κ2) is 8.06. The molecule has 21 heavy (non-hydrogen) atoms. The molecule has 112 valence electrons. The minimum absolute atomic E-state index is 0.521. The van der Waals surface area contributed by atoms with Crippen LogP contribution in [-0.4, -0.2) is 13.1 Å². The van der Waals surface area contributed by atoms with Gasteiger partial charge in [0, 0.05) is 11.6 Å². The van der Waals surface area contributed by atoms with Crippen LogP contribution in [0.5, 0.6) is 5.75 Å². The minimum Gasteiger partial charge on any atom is -0.489 e. The molecule has 2 nitrogen and oxygen atoms in total. The third kappa shape index (κ3) is 5.07. The molecule has 0 aliphatic heterocycles. The van der Waals surface area contributed by atoms with E-state index >= 15 is 0 Å². The molecule has 0 fully saturated rings. The van der Waals surface area contributed by atoms with E-state index in [-0.39, 0.29) is 0 Å². The predicted molar refractivity (Wildman–Crippen MR) is 89.2 cm³/mol. The monoisotopic (exact) mass is 303 g/mol. The first kappa shape index (κ1) is 15.9. The van der Waals surface area contributed by atoms with Crippen LogP contribution in [0.25, 0.3) is 0 Å². The molecule has 0 aliphatic rings. The van der Waals surface area contributed by atoms with Crippen molar-refractivity contribution >= 4 is 11.6 Å². The van der Waals surface area contributed by atoms with E-state index in [1.54, 1.807) is 0 Å². The Morgan fingerprint density at radius 1 is 1.14 bits per heavy atom. The second-order valence-electron chi connectivity index (χ2n) is 5.20. The Morgan fingerprint density at radius 2 is 1.90 bits per heavy atom. The van der Waals surface area contributed by atoms with Crippen molar-refractivity contribution < 1.29 is 4.74 Å². The minimum atomic E-state index is 0.521. The van der Waals surface area contributed by atoms with E-state index in [4.69, 9.17) is 16.3 Å². The van der Waals surface area contributed by atoms with Crippen molar-refractivity contribution in [3.8, 4) is 5.75 Å². The van der Waals surface area contributed by atoms with Gasteiger partial charge in [-0.1, -0.05) is 55.8 Å². The maximum atomic E-state index is 5.94. The van der Waals surface area contributed by atoms with Gasteiger partial charge < -0.3 is 10.1 Å². The highest BCUT2D eigenvalue weighted by molar-refractivity contribution is 6.30. The summed E-state index contributed by atoms with van der Waals surface area (Å²) in [6, 6.07) is 16.1. The number of benzene rings is 2. The van der Waals surface area contributed by atoms with Crippen LogP contribution >= 0.6 is 11.6 Å². The number of hydrogen-bond acceptors (Lipinski definition) is 2. The van der Waals surface area contributed by atoms with Crippen LogP contribution in [0.1, 0.15) is 30.9 Å². The van der Waals surface area contributed by atoms with Gasteiger partial charge in [0.15, 0.2) is 0 Å². The number of likely N-dealkylation sites (N-methyl/N-ethyl adjacent to an activating group) is 1. The molecule has 1 unspecified atom stereocenters. The third-order valence-electron chi connectivity index (χ3n) is 3.45. The Labute approximate surface area is 132 Å². The van der Waals surface area contributed by atoms with Crippen LogP contribution in [0.4, 0.5) is 0 Å². The third-order valence-corrected chi connectivity index (χ3v) is 3.69. The van der Waals surface area contributed by atoms with Gasteiger partial charge in [0.25, 0.3) is 0 Å². The summed E-state index contributed by atoms with van der Waals surface area (Å²) in [4.78, 5) is 0. The molecule has 1 N–H and O–H groups in total. The van der Waals surface area contributed by atoms with Gasteiger partial charge in [0.1, 0.15) is 12.4 Å². The Balaban J connectivity index is 1.90. The van der Waals surface area contributed by atoms with Crippen molar-refractivity contribution in [2.75, 3.05) is 13.1 Å². The molecule has 0 amide bonds. The Hall–Kier alpha value is -1.51. The smallest absolute Gasteiger partial charge is 0.121 e. The summed E-state index contributed by atoms with van der Waals surface area (Å²) in [5.74, 6) is 1.32. The lowest BCUT2D eigenvalue weighted by Crippen LogP contribution is -2.19. The van der Waals surface area contributed by atoms with Gasteiger partial charge in [0.2, 0.25) is 0 Å². The number of ether oxygens (including phenoxy) is 1. The van der Waals surface area contributed by atoms with Crippen molar-refractivity contribution in [3.05, 3.63) is 64.7 Å². The highest BCUT2D eigenvalue weighted by atomic mass is 35.5. The van der Waals surface area contributed by atoms with Crippen LogP contribution in [0, 0.1) is 0 Å². The maximum Gasteiger partial charge on any atom is 0.121 e. The molecular formula is C18H22ClNO. The zero-order chi connectivity index (χ0) is 15.1. The summed E-state index contributed by atoms with van der Waals surface area (Å²) in [5, 5.41) is 4.07. The van der Waals surface area contributed by atoms with E-state index in [0.717, 1.165) is 24.4 Å². The van der Waals surface area contributed by atoms with Crippen molar-refractivity contribution in [1.29, 1.82) is 0 Å². The van der Waals surface area contributed by atoms with Crippen molar-refractivity contribution in [3.63, 3.8) is 0 Å².